The van der Waals surface area contributed by atoms with Crippen LogP contribution in [0.3, 0.4) is 0 Å². The topological polar surface area (TPSA) is 97.0 Å². The molecule has 1 aliphatic rings. The number of ether oxygens (including phenoxy) is 3. The van der Waals surface area contributed by atoms with Crippen molar-refractivity contribution >= 4 is 5.91 Å². The van der Waals surface area contributed by atoms with Crippen LogP contribution in [0.15, 0.2) is 29.1 Å². The summed E-state index contributed by atoms with van der Waals surface area (Å²) in [5.74, 6) is 1.66. The smallest absolute Gasteiger partial charge is 0.274 e. The molecule has 0 bridgehead atoms. The molecular weight excluding hydrogens is 364 g/mol. The third-order valence-corrected chi connectivity index (χ3v) is 4.74. The van der Waals surface area contributed by atoms with Crippen molar-refractivity contribution in [3.63, 3.8) is 0 Å². The van der Waals surface area contributed by atoms with Crippen molar-refractivity contribution in [2.45, 2.75) is 6.54 Å². The number of benzene rings is 1. The summed E-state index contributed by atoms with van der Waals surface area (Å²) in [7, 11) is 4.78. The molecule has 9 heteroatoms. The van der Waals surface area contributed by atoms with Gasteiger partial charge < -0.3 is 19.1 Å². The Morgan fingerprint density at radius 3 is 2.29 bits per heavy atom. The van der Waals surface area contributed by atoms with E-state index in [4.69, 9.17) is 14.2 Å². The minimum absolute atomic E-state index is 0.181. The number of carbonyl (C=O) groups excluding carboxylic acids is 1. The maximum Gasteiger partial charge on any atom is 0.274 e. The number of nitrogens with zero attached hydrogens (tertiary/aromatic N) is 3. The van der Waals surface area contributed by atoms with E-state index in [-0.39, 0.29) is 17.2 Å². The SMILES string of the molecule is COc1ccc(CN2CCN(C(=O)c3ccc(=O)[nH]n3)CC2)c(OC)c1OC. The van der Waals surface area contributed by atoms with Crippen LogP contribution in [0.5, 0.6) is 17.2 Å². The third kappa shape index (κ3) is 4.09. The van der Waals surface area contributed by atoms with Gasteiger partial charge >= 0.3 is 0 Å². The first-order valence-corrected chi connectivity index (χ1v) is 8.92. The van der Waals surface area contributed by atoms with Crippen molar-refractivity contribution < 1.29 is 19.0 Å². The lowest BCUT2D eigenvalue weighted by Gasteiger charge is -2.34. The molecule has 0 aliphatic carbocycles. The van der Waals surface area contributed by atoms with Crippen LogP contribution in [-0.4, -0.2) is 73.4 Å². The second-order valence-corrected chi connectivity index (χ2v) is 6.37. The highest BCUT2D eigenvalue weighted by Gasteiger charge is 2.24. The molecule has 0 atom stereocenters. The fourth-order valence-electron chi connectivity index (χ4n) is 3.26. The Bertz CT molecular complexity index is 870. The lowest BCUT2D eigenvalue weighted by atomic mass is 10.1. The number of nitrogens with one attached hydrogen (secondary N) is 1. The molecule has 0 radical (unpaired) electrons. The Morgan fingerprint density at radius 1 is 1.00 bits per heavy atom. The molecule has 1 fully saturated rings. The van der Waals surface area contributed by atoms with E-state index in [0.717, 1.165) is 5.56 Å². The molecule has 1 N–H and O–H groups in total. The molecule has 150 valence electrons. The van der Waals surface area contributed by atoms with Crippen LogP contribution in [0.4, 0.5) is 0 Å². The van der Waals surface area contributed by atoms with Gasteiger partial charge in [0.25, 0.3) is 11.5 Å². The van der Waals surface area contributed by atoms with Crippen LogP contribution in [0.25, 0.3) is 0 Å². The zero-order valence-electron chi connectivity index (χ0n) is 16.2. The quantitative estimate of drug-likeness (QED) is 0.780. The van der Waals surface area contributed by atoms with E-state index in [0.29, 0.717) is 50.0 Å². The first-order chi connectivity index (χ1) is 13.6. The number of piperazine rings is 1. The Balaban J connectivity index is 1.65. The van der Waals surface area contributed by atoms with E-state index in [2.05, 4.69) is 15.1 Å². The van der Waals surface area contributed by atoms with Gasteiger partial charge in [0.2, 0.25) is 5.75 Å². The number of H-pyrrole nitrogens is 1. The molecular formula is C19H24N4O5. The Hall–Kier alpha value is -3.07. The molecule has 3 rings (SSSR count). The minimum atomic E-state index is -0.328. The first-order valence-electron chi connectivity index (χ1n) is 8.92. The van der Waals surface area contributed by atoms with Gasteiger partial charge in [-0.2, -0.15) is 5.10 Å². The number of aromatic amines is 1. The Morgan fingerprint density at radius 2 is 1.71 bits per heavy atom. The average molecular weight is 388 g/mol. The van der Waals surface area contributed by atoms with Crippen LogP contribution in [0, 0.1) is 0 Å². The maximum absolute atomic E-state index is 12.5. The van der Waals surface area contributed by atoms with E-state index >= 15 is 0 Å². The van der Waals surface area contributed by atoms with Gasteiger partial charge in [-0.25, -0.2) is 5.10 Å². The van der Waals surface area contributed by atoms with Crippen LogP contribution < -0.4 is 19.8 Å². The normalized spacial score (nSPS) is 14.6. The second-order valence-electron chi connectivity index (χ2n) is 6.37. The van der Waals surface area contributed by atoms with Crippen molar-refractivity contribution in [2.24, 2.45) is 0 Å². The summed E-state index contributed by atoms with van der Waals surface area (Å²) < 4.78 is 16.3. The highest BCUT2D eigenvalue weighted by molar-refractivity contribution is 5.92. The molecule has 2 aromatic rings. The van der Waals surface area contributed by atoms with Crippen LogP contribution >= 0.6 is 0 Å². The van der Waals surface area contributed by atoms with E-state index in [1.165, 1.54) is 12.1 Å². The van der Waals surface area contributed by atoms with Crippen molar-refractivity contribution in [3.05, 3.63) is 45.9 Å². The predicted molar refractivity (Wildman–Crippen MR) is 102 cm³/mol. The highest BCUT2D eigenvalue weighted by atomic mass is 16.5. The standard InChI is InChI=1S/C19H24N4O5/c1-26-15-6-4-13(17(27-2)18(15)28-3)12-22-8-10-23(11-9-22)19(25)14-5-7-16(24)21-20-14/h4-7H,8-12H2,1-3H3,(H,21,24). The second kappa shape index (κ2) is 8.75. The lowest BCUT2D eigenvalue weighted by Crippen LogP contribution is -2.48. The number of carbonyl (C=O) groups is 1. The molecule has 28 heavy (non-hydrogen) atoms. The van der Waals surface area contributed by atoms with E-state index < -0.39 is 0 Å². The zero-order valence-corrected chi connectivity index (χ0v) is 16.2. The van der Waals surface area contributed by atoms with Gasteiger partial charge in [-0.1, -0.05) is 6.07 Å². The Labute approximate surface area is 162 Å². The van der Waals surface area contributed by atoms with Gasteiger partial charge in [0.15, 0.2) is 11.5 Å². The van der Waals surface area contributed by atoms with Crippen LogP contribution in [0.1, 0.15) is 16.1 Å². The van der Waals surface area contributed by atoms with Crippen LogP contribution in [0.2, 0.25) is 0 Å². The number of methoxy groups -OCH3 is 3. The molecule has 9 nitrogen and oxygen atoms in total. The highest BCUT2D eigenvalue weighted by Crippen LogP contribution is 2.40. The molecule has 0 spiro atoms. The summed E-state index contributed by atoms with van der Waals surface area (Å²) in [6.07, 6.45) is 0. The average Bonchev–Trinajstić information content (AvgIpc) is 2.73. The molecule has 1 saturated heterocycles. The van der Waals surface area contributed by atoms with Gasteiger partial charge in [0.1, 0.15) is 5.69 Å². The van der Waals surface area contributed by atoms with Crippen molar-refractivity contribution in [1.82, 2.24) is 20.0 Å². The monoisotopic (exact) mass is 388 g/mol. The maximum atomic E-state index is 12.5. The van der Waals surface area contributed by atoms with Gasteiger partial charge in [0.05, 0.1) is 21.3 Å². The summed E-state index contributed by atoms with van der Waals surface area (Å²) in [6.45, 7) is 3.26. The van der Waals surface area contributed by atoms with Crippen molar-refractivity contribution in [1.29, 1.82) is 0 Å². The molecule has 1 aromatic heterocycles. The minimum Gasteiger partial charge on any atom is -0.493 e. The van der Waals surface area contributed by atoms with Gasteiger partial charge in [-0.15, -0.1) is 0 Å². The number of rotatable bonds is 6. The number of amides is 1. The fraction of sp³-hybridized carbons (Fsp3) is 0.421. The third-order valence-electron chi connectivity index (χ3n) is 4.74. The summed E-state index contributed by atoms with van der Waals surface area (Å²) in [5.41, 5.74) is 0.905. The fourth-order valence-corrected chi connectivity index (χ4v) is 3.26. The van der Waals surface area contributed by atoms with E-state index in [9.17, 15) is 9.59 Å². The van der Waals surface area contributed by atoms with Gasteiger partial charge in [-0.05, 0) is 12.1 Å². The number of hydrogen-bond donors (Lipinski definition) is 1. The molecule has 1 amide bonds. The molecule has 0 saturated carbocycles. The number of hydrogen-bond acceptors (Lipinski definition) is 7. The number of aromatic nitrogens is 2. The van der Waals surface area contributed by atoms with Crippen molar-refractivity contribution in [3.8, 4) is 17.2 Å². The lowest BCUT2D eigenvalue weighted by molar-refractivity contribution is 0.0620. The van der Waals surface area contributed by atoms with Crippen molar-refractivity contribution in [2.75, 3.05) is 47.5 Å². The van der Waals surface area contributed by atoms with Gasteiger partial charge in [-0.3, -0.25) is 14.5 Å². The first kappa shape index (κ1) is 19.7. The molecule has 1 aromatic carbocycles. The molecule has 2 heterocycles. The zero-order chi connectivity index (χ0) is 20.1. The van der Waals surface area contributed by atoms with E-state index in [1.54, 1.807) is 26.2 Å². The summed E-state index contributed by atoms with van der Waals surface area (Å²) in [5, 5.41) is 6.11. The summed E-state index contributed by atoms with van der Waals surface area (Å²) >= 11 is 0. The van der Waals surface area contributed by atoms with E-state index in [1.807, 2.05) is 12.1 Å². The summed E-state index contributed by atoms with van der Waals surface area (Å²) in [4.78, 5) is 27.6. The predicted octanol–water partition coefficient (Wildman–Crippen LogP) is 0.754. The van der Waals surface area contributed by atoms with Crippen LogP contribution in [-0.2, 0) is 6.54 Å². The largest absolute Gasteiger partial charge is 0.493 e. The van der Waals surface area contributed by atoms with Gasteiger partial charge in [0, 0.05) is 44.4 Å². The molecule has 0 unspecified atom stereocenters. The molecule has 1 aliphatic heterocycles. The summed E-state index contributed by atoms with van der Waals surface area (Å²) in [6, 6.07) is 6.57. The Kier molecular flexibility index (Phi) is 6.15.